The van der Waals surface area contributed by atoms with Gasteiger partial charge in [-0.15, -0.1) is 0 Å². The molecule has 0 radical (unpaired) electrons. The monoisotopic (exact) mass is 589 g/mol. The molecule has 0 spiro atoms. The van der Waals surface area contributed by atoms with Gasteiger partial charge in [-0.1, -0.05) is 0 Å². The molecule has 0 aliphatic carbocycles. The van der Waals surface area contributed by atoms with Crippen LogP contribution in [0.25, 0.3) is 0 Å². The molecule has 2 aromatic carbocycles. The number of unbranched alkanes of at least 4 members (excludes halogenated alkanes) is 1. The Morgan fingerprint density at radius 1 is 0.833 bits per heavy atom. The lowest BCUT2D eigenvalue weighted by Gasteiger charge is -2.19. The summed E-state index contributed by atoms with van der Waals surface area (Å²) in [5.74, 6) is 1.57. The molecule has 13 heteroatoms. The summed E-state index contributed by atoms with van der Waals surface area (Å²) in [6.45, 7) is 0.902. The van der Waals surface area contributed by atoms with Crippen LogP contribution in [-0.2, 0) is 27.3 Å². The first-order chi connectivity index (χ1) is 20.3. The second kappa shape index (κ2) is 18.3. The molecule has 42 heavy (non-hydrogen) atoms. The SMILES string of the molecule is COc1ccc(OC)c(CC(=O)NC(CCCCN)C(=O)NNCCC(=O)NCc2cc(OC)c(OC)c(OC)c2)c1. The summed E-state index contributed by atoms with van der Waals surface area (Å²) in [5.41, 5.74) is 12.3. The predicted molar refractivity (Wildman–Crippen MR) is 157 cm³/mol. The molecular weight excluding hydrogens is 546 g/mol. The lowest BCUT2D eigenvalue weighted by atomic mass is 10.1. The summed E-state index contributed by atoms with van der Waals surface area (Å²) in [6.07, 6.45) is 1.87. The molecule has 0 bridgehead atoms. The highest BCUT2D eigenvalue weighted by Gasteiger charge is 2.21. The third-order valence-electron chi connectivity index (χ3n) is 6.34. The molecule has 0 saturated carbocycles. The van der Waals surface area contributed by atoms with Crippen molar-refractivity contribution in [3.8, 4) is 28.7 Å². The first kappa shape index (κ1) is 34.0. The second-order valence-corrected chi connectivity index (χ2v) is 9.24. The standard InChI is InChI=1S/C29H43N5O8/c1-38-21-9-10-23(39-2)20(16-21)17-27(36)33-22(8-6-7-12-30)29(37)34-32-13-11-26(35)31-18-19-14-24(40-3)28(42-5)25(15-19)41-4/h9-10,14-16,22,32H,6-8,11-13,17-18,30H2,1-5H3,(H,31,35)(H,33,36)(H,34,37). The van der Waals surface area contributed by atoms with Gasteiger partial charge in [-0.3, -0.25) is 19.8 Å². The van der Waals surface area contributed by atoms with Crippen LogP contribution in [0.4, 0.5) is 0 Å². The Labute approximate surface area is 246 Å². The number of nitrogens with one attached hydrogen (secondary N) is 4. The van der Waals surface area contributed by atoms with Crippen LogP contribution in [0.5, 0.6) is 28.7 Å². The molecule has 6 N–H and O–H groups in total. The summed E-state index contributed by atoms with van der Waals surface area (Å²) < 4.78 is 26.6. The zero-order valence-corrected chi connectivity index (χ0v) is 25.0. The molecule has 1 unspecified atom stereocenters. The molecule has 13 nitrogen and oxygen atoms in total. The van der Waals surface area contributed by atoms with Crippen molar-refractivity contribution >= 4 is 17.7 Å². The number of nitrogens with two attached hydrogens (primary N) is 1. The second-order valence-electron chi connectivity index (χ2n) is 9.24. The summed E-state index contributed by atoms with van der Waals surface area (Å²) in [4.78, 5) is 38.1. The highest BCUT2D eigenvalue weighted by molar-refractivity contribution is 5.88. The van der Waals surface area contributed by atoms with Crippen LogP contribution < -0.4 is 50.9 Å². The molecule has 0 heterocycles. The first-order valence-electron chi connectivity index (χ1n) is 13.6. The Hall–Kier alpha value is -4.23. The highest BCUT2D eigenvalue weighted by atomic mass is 16.5. The molecule has 0 aliphatic heterocycles. The van der Waals surface area contributed by atoms with E-state index in [1.165, 1.54) is 35.5 Å². The maximum atomic E-state index is 12.9. The lowest BCUT2D eigenvalue weighted by Crippen LogP contribution is -2.51. The Balaban J connectivity index is 1.87. The van der Waals surface area contributed by atoms with Crippen molar-refractivity contribution in [1.29, 1.82) is 0 Å². The fourth-order valence-corrected chi connectivity index (χ4v) is 4.14. The summed E-state index contributed by atoms with van der Waals surface area (Å²) in [7, 11) is 7.61. The number of methoxy groups -OCH3 is 5. The third-order valence-corrected chi connectivity index (χ3v) is 6.34. The van der Waals surface area contributed by atoms with Gasteiger partial charge in [0, 0.05) is 25.1 Å². The summed E-state index contributed by atoms with van der Waals surface area (Å²) in [6, 6.07) is 7.89. The van der Waals surface area contributed by atoms with Crippen LogP contribution in [0.15, 0.2) is 30.3 Å². The van der Waals surface area contributed by atoms with Gasteiger partial charge in [0.15, 0.2) is 11.5 Å². The van der Waals surface area contributed by atoms with E-state index in [1.807, 2.05) is 0 Å². The number of carbonyl (C=O) groups excluding carboxylic acids is 3. The van der Waals surface area contributed by atoms with Crippen LogP contribution in [0.3, 0.4) is 0 Å². The number of amides is 3. The summed E-state index contributed by atoms with van der Waals surface area (Å²) in [5, 5.41) is 5.61. The number of carbonyl (C=O) groups is 3. The van der Waals surface area contributed by atoms with E-state index in [1.54, 1.807) is 30.3 Å². The normalized spacial score (nSPS) is 11.2. The molecule has 0 fully saturated rings. The van der Waals surface area contributed by atoms with Crippen LogP contribution in [0.2, 0.25) is 0 Å². The molecule has 0 saturated heterocycles. The largest absolute Gasteiger partial charge is 0.497 e. The Kier molecular flexibility index (Phi) is 14.8. The Bertz CT molecular complexity index is 1150. The molecular formula is C29H43N5O8. The minimum Gasteiger partial charge on any atom is -0.497 e. The van der Waals surface area contributed by atoms with Crippen LogP contribution in [-0.4, -0.2) is 72.4 Å². The number of hydrazine groups is 1. The van der Waals surface area contributed by atoms with E-state index in [4.69, 9.17) is 29.4 Å². The fourth-order valence-electron chi connectivity index (χ4n) is 4.14. The Morgan fingerprint density at radius 3 is 2.12 bits per heavy atom. The highest BCUT2D eigenvalue weighted by Crippen LogP contribution is 2.38. The van der Waals surface area contributed by atoms with Gasteiger partial charge in [0.2, 0.25) is 17.6 Å². The van der Waals surface area contributed by atoms with Gasteiger partial charge in [-0.2, -0.15) is 0 Å². The average molecular weight is 590 g/mol. The maximum absolute atomic E-state index is 12.9. The van der Waals surface area contributed by atoms with E-state index in [9.17, 15) is 14.4 Å². The van der Waals surface area contributed by atoms with Gasteiger partial charge >= 0.3 is 0 Å². The van der Waals surface area contributed by atoms with Crippen molar-refractivity contribution in [1.82, 2.24) is 21.5 Å². The van der Waals surface area contributed by atoms with E-state index in [-0.39, 0.29) is 37.7 Å². The topological polar surface area (TPSA) is 171 Å². The van der Waals surface area contributed by atoms with Gasteiger partial charge in [-0.25, -0.2) is 5.43 Å². The molecule has 0 aliphatic rings. The zero-order chi connectivity index (χ0) is 30.9. The predicted octanol–water partition coefficient (Wildman–Crippen LogP) is 1.21. The van der Waals surface area contributed by atoms with Crippen molar-refractivity contribution in [3.63, 3.8) is 0 Å². The molecule has 0 aromatic heterocycles. The van der Waals surface area contributed by atoms with Crippen molar-refractivity contribution in [3.05, 3.63) is 41.5 Å². The minimum atomic E-state index is -0.790. The Morgan fingerprint density at radius 2 is 1.52 bits per heavy atom. The van der Waals surface area contributed by atoms with Crippen molar-refractivity contribution in [2.75, 3.05) is 48.6 Å². The number of hydrogen-bond donors (Lipinski definition) is 5. The lowest BCUT2D eigenvalue weighted by molar-refractivity contribution is -0.129. The smallest absolute Gasteiger partial charge is 0.256 e. The van der Waals surface area contributed by atoms with Crippen molar-refractivity contribution in [2.24, 2.45) is 5.73 Å². The van der Waals surface area contributed by atoms with E-state index in [2.05, 4.69) is 21.5 Å². The van der Waals surface area contributed by atoms with E-state index >= 15 is 0 Å². The van der Waals surface area contributed by atoms with Crippen LogP contribution >= 0.6 is 0 Å². The summed E-state index contributed by atoms with van der Waals surface area (Å²) >= 11 is 0. The van der Waals surface area contributed by atoms with Gasteiger partial charge in [0.25, 0.3) is 5.91 Å². The quantitative estimate of drug-likeness (QED) is 0.118. The average Bonchev–Trinajstić information content (AvgIpc) is 3.00. The molecule has 2 rings (SSSR count). The number of benzene rings is 2. The number of hydrogen-bond acceptors (Lipinski definition) is 10. The van der Waals surface area contributed by atoms with E-state index in [0.29, 0.717) is 60.1 Å². The number of ether oxygens (including phenoxy) is 5. The van der Waals surface area contributed by atoms with Gasteiger partial charge in [0.05, 0.1) is 42.0 Å². The van der Waals surface area contributed by atoms with Crippen molar-refractivity contribution < 1.29 is 38.1 Å². The van der Waals surface area contributed by atoms with E-state index < -0.39 is 11.9 Å². The van der Waals surface area contributed by atoms with Gasteiger partial charge in [-0.05, 0) is 61.7 Å². The van der Waals surface area contributed by atoms with Crippen LogP contribution in [0.1, 0.15) is 36.8 Å². The molecule has 1 atom stereocenters. The number of rotatable bonds is 19. The zero-order valence-electron chi connectivity index (χ0n) is 25.0. The molecule has 232 valence electrons. The van der Waals surface area contributed by atoms with Crippen molar-refractivity contribution in [2.45, 2.75) is 44.7 Å². The fraction of sp³-hybridized carbons (Fsp3) is 0.483. The molecule has 3 amide bonds. The maximum Gasteiger partial charge on any atom is 0.256 e. The third kappa shape index (κ3) is 10.6. The first-order valence-corrected chi connectivity index (χ1v) is 13.6. The van der Waals surface area contributed by atoms with Gasteiger partial charge < -0.3 is 40.1 Å². The minimum absolute atomic E-state index is 0.000582. The van der Waals surface area contributed by atoms with E-state index in [0.717, 1.165) is 5.56 Å². The molecule has 2 aromatic rings. The van der Waals surface area contributed by atoms with Crippen LogP contribution in [0, 0.1) is 0 Å². The van der Waals surface area contributed by atoms with Gasteiger partial charge in [0.1, 0.15) is 17.5 Å².